The van der Waals surface area contributed by atoms with E-state index in [1.807, 2.05) is 32.2 Å². The zero-order valence-corrected chi connectivity index (χ0v) is 16.9. The zero-order chi connectivity index (χ0) is 20.3. The number of fused-ring (bicyclic) bond motifs is 3. The second kappa shape index (κ2) is 6.56. The van der Waals surface area contributed by atoms with Crippen LogP contribution in [0.1, 0.15) is 44.8 Å². The van der Waals surface area contributed by atoms with E-state index in [4.69, 9.17) is 23.7 Å². The molecule has 2 aromatic rings. The van der Waals surface area contributed by atoms with Gasteiger partial charge in [-0.15, -0.1) is 0 Å². The van der Waals surface area contributed by atoms with E-state index in [0.717, 1.165) is 35.2 Å². The van der Waals surface area contributed by atoms with Gasteiger partial charge in [0, 0.05) is 23.2 Å². The van der Waals surface area contributed by atoms with Crippen LogP contribution in [0.4, 0.5) is 0 Å². The maximum Gasteiger partial charge on any atom is 0.339 e. The third-order valence-electron chi connectivity index (χ3n) is 6.15. The molecule has 3 aliphatic rings. The lowest BCUT2D eigenvalue weighted by atomic mass is 9.85. The summed E-state index contributed by atoms with van der Waals surface area (Å²) in [4.78, 5) is 15.0. The number of esters is 1. The van der Waals surface area contributed by atoms with Gasteiger partial charge < -0.3 is 23.7 Å². The van der Waals surface area contributed by atoms with Crippen LogP contribution < -0.4 is 18.9 Å². The Bertz CT molecular complexity index is 1020. The lowest BCUT2D eigenvalue weighted by molar-refractivity contribution is 0.00880. The molecule has 7 heteroatoms. The van der Waals surface area contributed by atoms with Crippen LogP contribution in [0.3, 0.4) is 0 Å². The number of likely N-dealkylation sites (N-methyl/N-ethyl adjacent to an activating group) is 1. The Kier molecular flexibility index (Phi) is 4.10. The third kappa shape index (κ3) is 2.50. The van der Waals surface area contributed by atoms with Crippen LogP contribution in [-0.2, 0) is 11.2 Å². The number of carbonyl (C=O) groups excluding carboxylic acids is 1. The van der Waals surface area contributed by atoms with Crippen LogP contribution in [0.15, 0.2) is 18.2 Å². The van der Waals surface area contributed by atoms with Gasteiger partial charge in [-0.05, 0) is 38.1 Å². The molecule has 1 unspecified atom stereocenters. The largest absolute Gasteiger partial charge is 0.496 e. The molecule has 0 amide bonds. The summed E-state index contributed by atoms with van der Waals surface area (Å²) >= 11 is 0. The molecule has 152 valence electrons. The zero-order valence-electron chi connectivity index (χ0n) is 16.9. The van der Waals surface area contributed by atoms with Crippen molar-refractivity contribution in [3.05, 3.63) is 46.0 Å². The summed E-state index contributed by atoms with van der Waals surface area (Å²) in [5, 5.41) is 0. The Labute approximate surface area is 169 Å². The highest BCUT2D eigenvalue weighted by atomic mass is 16.7. The molecule has 5 rings (SSSR count). The summed E-state index contributed by atoms with van der Waals surface area (Å²) in [6.45, 7) is 2.90. The van der Waals surface area contributed by atoms with Crippen molar-refractivity contribution in [3.63, 3.8) is 0 Å². The highest BCUT2D eigenvalue weighted by Gasteiger charge is 2.45. The summed E-state index contributed by atoms with van der Waals surface area (Å²) in [7, 11) is 5.28. The number of cyclic esters (lactones) is 1. The first-order valence-electron chi connectivity index (χ1n) is 9.63. The van der Waals surface area contributed by atoms with Gasteiger partial charge in [0.25, 0.3) is 0 Å². The lowest BCUT2D eigenvalue weighted by Gasteiger charge is -2.38. The number of nitrogens with zero attached hydrogens (tertiary/aromatic N) is 1. The van der Waals surface area contributed by atoms with E-state index < -0.39 is 6.10 Å². The Balaban J connectivity index is 1.68. The van der Waals surface area contributed by atoms with Gasteiger partial charge >= 0.3 is 5.97 Å². The number of methoxy groups -OCH3 is 2. The monoisotopic (exact) mass is 397 g/mol. The molecule has 3 heterocycles. The molecule has 0 aromatic heterocycles. The quantitative estimate of drug-likeness (QED) is 0.737. The summed E-state index contributed by atoms with van der Waals surface area (Å²) in [6, 6.07) is 5.65. The molecule has 0 N–H and O–H groups in total. The topological polar surface area (TPSA) is 66.5 Å². The van der Waals surface area contributed by atoms with Gasteiger partial charge in [-0.2, -0.15) is 0 Å². The standard InChI is InChI=1S/C22H23NO6/c1-11-14(25-3)6-5-13-16(11)22(24)29-19(13)18-17-12(7-8-23(18)2)9-15-20(21(17)26-4)28-10-27-15/h5-6,9,18-19H,7-8,10H2,1-4H3/t18?,19-/m0/s1. The molecule has 0 bridgehead atoms. The molecule has 2 aromatic carbocycles. The number of hydrogen-bond acceptors (Lipinski definition) is 7. The number of benzene rings is 2. The SMILES string of the molecule is COc1ccc2c(c1C)C(=O)O[C@@H]2C1c2c(cc3c(c2OC)OCO3)CCN1C. The summed E-state index contributed by atoms with van der Waals surface area (Å²) < 4.78 is 28.4. The van der Waals surface area contributed by atoms with Crippen molar-refractivity contribution >= 4 is 5.97 Å². The van der Waals surface area contributed by atoms with Gasteiger partial charge in [0.05, 0.1) is 25.8 Å². The molecule has 0 aliphatic carbocycles. The van der Waals surface area contributed by atoms with E-state index in [0.29, 0.717) is 28.6 Å². The van der Waals surface area contributed by atoms with Gasteiger partial charge in [-0.3, -0.25) is 4.90 Å². The number of ether oxygens (including phenoxy) is 5. The molecule has 3 aliphatic heterocycles. The van der Waals surface area contributed by atoms with E-state index in [-0.39, 0.29) is 18.8 Å². The average Bonchev–Trinajstić information content (AvgIpc) is 3.31. The molecule has 0 spiro atoms. The molecule has 0 saturated heterocycles. The average molecular weight is 397 g/mol. The molecule has 0 fully saturated rings. The number of rotatable bonds is 3. The first kappa shape index (κ1) is 18.1. The summed E-state index contributed by atoms with van der Waals surface area (Å²) in [6.07, 6.45) is 0.408. The molecule has 2 atom stereocenters. The van der Waals surface area contributed by atoms with Gasteiger partial charge in [0.1, 0.15) is 11.9 Å². The van der Waals surface area contributed by atoms with Crippen molar-refractivity contribution in [2.45, 2.75) is 25.5 Å². The fourth-order valence-electron chi connectivity index (χ4n) is 4.76. The molecule has 29 heavy (non-hydrogen) atoms. The maximum absolute atomic E-state index is 12.8. The highest BCUT2D eigenvalue weighted by Crippen LogP contribution is 2.54. The molecular weight excluding hydrogens is 374 g/mol. The Morgan fingerprint density at radius 3 is 2.76 bits per heavy atom. The van der Waals surface area contributed by atoms with E-state index in [1.165, 1.54) is 0 Å². The first-order valence-corrected chi connectivity index (χ1v) is 9.63. The van der Waals surface area contributed by atoms with E-state index in [1.54, 1.807) is 14.2 Å². The van der Waals surface area contributed by atoms with Crippen molar-refractivity contribution in [1.82, 2.24) is 4.90 Å². The highest BCUT2D eigenvalue weighted by molar-refractivity contribution is 5.96. The Hall–Kier alpha value is -2.93. The molecule has 7 nitrogen and oxygen atoms in total. The van der Waals surface area contributed by atoms with Gasteiger partial charge in [-0.25, -0.2) is 4.79 Å². The predicted octanol–water partition coefficient (Wildman–Crippen LogP) is 3.18. The maximum atomic E-state index is 12.8. The summed E-state index contributed by atoms with van der Waals surface area (Å²) in [5.74, 6) is 2.33. The van der Waals surface area contributed by atoms with Crippen molar-refractivity contribution in [2.24, 2.45) is 0 Å². The van der Waals surface area contributed by atoms with Gasteiger partial charge in [0.15, 0.2) is 11.5 Å². The van der Waals surface area contributed by atoms with Gasteiger partial charge in [0.2, 0.25) is 12.5 Å². The van der Waals surface area contributed by atoms with Crippen LogP contribution >= 0.6 is 0 Å². The second-order valence-electron chi connectivity index (χ2n) is 7.57. The second-order valence-corrected chi connectivity index (χ2v) is 7.57. The minimum Gasteiger partial charge on any atom is -0.496 e. The number of carbonyl (C=O) groups is 1. The van der Waals surface area contributed by atoms with Crippen LogP contribution in [0, 0.1) is 6.92 Å². The summed E-state index contributed by atoms with van der Waals surface area (Å²) in [5.41, 5.74) is 4.38. The van der Waals surface area contributed by atoms with Crippen molar-refractivity contribution < 1.29 is 28.5 Å². The molecule has 0 saturated carbocycles. The fraction of sp³-hybridized carbons (Fsp3) is 0.409. The minimum absolute atomic E-state index is 0.176. The van der Waals surface area contributed by atoms with Crippen LogP contribution in [0.25, 0.3) is 0 Å². The van der Waals surface area contributed by atoms with E-state index in [9.17, 15) is 4.79 Å². The van der Waals surface area contributed by atoms with E-state index >= 15 is 0 Å². The third-order valence-corrected chi connectivity index (χ3v) is 6.15. The van der Waals surface area contributed by atoms with E-state index in [2.05, 4.69) is 4.90 Å². The minimum atomic E-state index is -0.444. The van der Waals surface area contributed by atoms with Crippen LogP contribution in [0.2, 0.25) is 0 Å². The van der Waals surface area contributed by atoms with Crippen molar-refractivity contribution in [1.29, 1.82) is 0 Å². The molecular formula is C22H23NO6. The Morgan fingerprint density at radius 2 is 2.00 bits per heavy atom. The normalized spacial score (nSPS) is 22.1. The van der Waals surface area contributed by atoms with Crippen LogP contribution in [0.5, 0.6) is 23.0 Å². The molecule has 0 radical (unpaired) electrons. The fourth-order valence-corrected chi connectivity index (χ4v) is 4.76. The smallest absolute Gasteiger partial charge is 0.339 e. The first-order chi connectivity index (χ1) is 14.0. The lowest BCUT2D eigenvalue weighted by Crippen LogP contribution is -2.36. The van der Waals surface area contributed by atoms with Crippen molar-refractivity contribution in [3.8, 4) is 23.0 Å². The van der Waals surface area contributed by atoms with Crippen molar-refractivity contribution in [2.75, 3.05) is 34.6 Å². The number of hydrogen-bond donors (Lipinski definition) is 0. The van der Waals surface area contributed by atoms with Gasteiger partial charge in [-0.1, -0.05) is 6.07 Å². The predicted molar refractivity (Wildman–Crippen MR) is 104 cm³/mol. The Morgan fingerprint density at radius 1 is 1.17 bits per heavy atom. The van der Waals surface area contributed by atoms with Crippen LogP contribution in [-0.4, -0.2) is 45.5 Å².